The molecule has 3 heteroatoms. The van der Waals surface area contributed by atoms with Gasteiger partial charge in [0.05, 0.1) is 0 Å². The number of halogens is 1. The first kappa shape index (κ1) is 16.0. The van der Waals surface area contributed by atoms with Gasteiger partial charge in [0.25, 0.3) is 0 Å². The first-order valence-corrected chi connectivity index (χ1v) is 7.96. The molecule has 0 amide bonds. The van der Waals surface area contributed by atoms with Crippen molar-refractivity contribution < 1.29 is 4.39 Å². The monoisotopic (exact) mass is 290 g/mol. The number of fused-ring (bicyclic) bond motifs is 1. The average molecular weight is 290 g/mol. The summed E-state index contributed by atoms with van der Waals surface area (Å²) in [4.78, 5) is 3.15. The highest BCUT2D eigenvalue weighted by atomic mass is 19.1. The SMILES string of the molecule is CC[C@H](NCCc1c[nH]c2cc(F)ccc12)C(C)(C)CC. The van der Waals surface area contributed by atoms with Crippen LogP contribution in [0.15, 0.2) is 24.4 Å². The van der Waals surface area contributed by atoms with Crippen LogP contribution in [0.4, 0.5) is 4.39 Å². The number of aromatic nitrogens is 1. The number of hydrogen-bond acceptors (Lipinski definition) is 1. The van der Waals surface area contributed by atoms with Crippen LogP contribution < -0.4 is 5.32 Å². The van der Waals surface area contributed by atoms with E-state index < -0.39 is 0 Å². The van der Waals surface area contributed by atoms with Gasteiger partial charge in [0.2, 0.25) is 0 Å². The molecule has 0 unspecified atom stereocenters. The van der Waals surface area contributed by atoms with Crippen molar-refractivity contribution in [3.63, 3.8) is 0 Å². The molecule has 2 aromatic rings. The van der Waals surface area contributed by atoms with E-state index in [-0.39, 0.29) is 5.82 Å². The van der Waals surface area contributed by atoms with Crippen LogP contribution in [0.3, 0.4) is 0 Å². The Morgan fingerprint density at radius 1 is 1.29 bits per heavy atom. The molecule has 1 aromatic heterocycles. The standard InChI is InChI=1S/C18H27FN2/c1-5-17(18(3,4)6-2)20-10-9-13-12-21-16-11-14(19)7-8-15(13)16/h7-8,11-12,17,20-21H,5-6,9-10H2,1-4H3/t17-/m0/s1. The zero-order valence-corrected chi connectivity index (χ0v) is 13.6. The van der Waals surface area contributed by atoms with Crippen LogP contribution in [0.1, 0.15) is 46.1 Å². The molecule has 0 saturated carbocycles. The van der Waals surface area contributed by atoms with Gasteiger partial charge in [0.1, 0.15) is 5.82 Å². The van der Waals surface area contributed by atoms with Gasteiger partial charge in [-0.05, 0) is 55.0 Å². The molecule has 1 atom stereocenters. The minimum absolute atomic E-state index is 0.190. The first-order valence-electron chi connectivity index (χ1n) is 7.96. The normalized spacial score (nSPS) is 13.8. The second kappa shape index (κ2) is 6.61. The van der Waals surface area contributed by atoms with Crippen LogP contribution in [-0.4, -0.2) is 17.6 Å². The lowest BCUT2D eigenvalue weighted by atomic mass is 9.80. The third-order valence-corrected chi connectivity index (χ3v) is 4.78. The van der Waals surface area contributed by atoms with Gasteiger partial charge in [0.15, 0.2) is 0 Å². The van der Waals surface area contributed by atoms with Crippen molar-refractivity contribution in [2.45, 2.75) is 53.0 Å². The molecular formula is C18H27FN2. The summed E-state index contributed by atoms with van der Waals surface area (Å²) in [5, 5.41) is 4.81. The minimum atomic E-state index is -0.190. The average Bonchev–Trinajstić information content (AvgIpc) is 2.85. The maximum absolute atomic E-state index is 13.2. The molecule has 0 aliphatic carbocycles. The molecule has 0 aliphatic rings. The number of rotatable bonds is 7. The summed E-state index contributed by atoms with van der Waals surface area (Å²) < 4.78 is 13.2. The second-order valence-electron chi connectivity index (χ2n) is 6.51. The predicted molar refractivity (Wildman–Crippen MR) is 88.1 cm³/mol. The van der Waals surface area contributed by atoms with E-state index in [4.69, 9.17) is 0 Å². The summed E-state index contributed by atoms with van der Waals surface area (Å²) in [5.41, 5.74) is 2.45. The highest BCUT2D eigenvalue weighted by Gasteiger charge is 2.25. The van der Waals surface area contributed by atoms with E-state index >= 15 is 0 Å². The van der Waals surface area contributed by atoms with Crippen molar-refractivity contribution in [2.75, 3.05) is 6.54 Å². The Kier molecular flexibility index (Phi) is 5.04. The van der Waals surface area contributed by atoms with E-state index in [1.807, 2.05) is 12.3 Å². The fraction of sp³-hybridized carbons (Fsp3) is 0.556. The topological polar surface area (TPSA) is 27.8 Å². The van der Waals surface area contributed by atoms with E-state index in [1.54, 1.807) is 6.07 Å². The zero-order chi connectivity index (χ0) is 15.5. The lowest BCUT2D eigenvalue weighted by molar-refractivity contribution is 0.226. The molecule has 2 rings (SSSR count). The number of aromatic amines is 1. The fourth-order valence-electron chi connectivity index (χ4n) is 2.97. The van der Waals surface area contributed by atoms with Gasteiger partial charge < -0.3 is 10.3 Å². The van der Waals surface area contributed by atoms with Crippen LogP contribution in [-0.2, 0) is 6.42 Å². The molecule has 1 aromatic carbocycles. The Morgan fingerprint density at radius 2 is 2.05 bits per heavy atom. The largest absolute Gasteiger partial charge is 0.361 e. The molecule has 1 heterocycles. The Morgan fingerprint density at radius 3 is 2.71 bits per heavy atom. The fourth-order valence-corrected chi connectivity index (χ4v) is 2.97. The van der Waals surface area contributed by atoms with E-state index in [1.165, 1.54) is 18.1 Å². The Bertz CT molecular complexity index is 586. The zero-order valence-electron chi connectivity index (χ0n) is 13.6. The third kappa shape index (κ3) is 3.65. The van der Waals surface area contributed by atoms with Gasteiger partial charge in [-0.3, -0.25) is 0 Å². The van der Waals surface area contributed by atoms with Crippen LogP contribution in [0.5, 0.6) is 0 Å². The predicted octanol–water partition coefficient (Wildman–Crippen LogP) is 4.65. The van der Waals surface area contributed by atoms with Gasteiger partial charge in [0, 0.05) is 23.1 Å². The van der Waals surface area contributed by atoms with Crippen molar-refractivity contribution in [2.24, 2.45) is 5.41 Å². The molecule has 116 valence electrons. The maximum atomic E-state index is 13.2. The Balaban J connectivity index is 1.99. The molecule has 2 N–H and O–H groups in total. The number of nitrogens with one attached hydrogen (secondary N) is 2. The molecular weight excluding hydrogens is 263 g/mol. The van der Waals surface area contributed by atoms with Gasteiger partial charge in [-0.2, -0.15) is 0 Å². The van der Waals surface area contributed by atoms with E-state index in [0.717, 1.165) is 30.3 Å². The van der Waals surface area contributed by atoms with E-state index in [9.17, 15) is 4.39 Å². The smallest absolute Gasteiger partial charge is 0.125 e. The lowest BCUT2D eigenvalue weighted by Gasteiger charge is -2.33. The molecule has 0 aliphatic heterocycles. The van der Waals surface area contributed by atoms with Crippen LogP contribution in [0, 0.1) is 11.2 Å². The number of H-pyrrole nitrogens is 1. The number of hydrogen-bond donors (Lipinski definition) is 2. The van der Waals surface area contributed by atoms with Crippen molar-refractivity contribution in [3.8, 4) is 0 Å². The second-order valence-corrected chi connectivity index (χ2v) is 6.51. The molecule has 0 bridgehead atoms. The lowest BCUT2D eigenvalue weighted by Crippen LogP contribution is -2.42. The summed E-state index contributed by atoms with van der Waals surface area (Å²) in [6, 6.07) is 5.48. The molecule has 0 saturated heterocycles. The first-order chi connectivity index (χ1) is 9.97. The summed E-state index contributed by atoms with van der Waals surface area (Å²) in [6.07, 6.45) is 5.27. The van der Waals surface area contributed by atoms with Crippen molar-refractivity contribution in [3.05, 3.63) is 35.8 Å². The van der Waals surface area contributed by atoms with Gasteiger partial charge in [-0.1, -0.05) is 27.7 Å². The molecule has 0 spiro atoms. The Hall–Kier alpha value is -1.35. The number of benzene rings is 1. The summed E-state index contributed by atoms with van der Waals surface area (Å²) in [6.45, 7) is 10.1. The molecule has 2 nitrogen and oxygen atoms in total. The summed E-state index contributed by atoms with van der Waals surface area (Å²) in [7, 11) is 0. The Labute approximate surface area is 127 Å². The van der Waals surface area contributed by atoms with Crippen LogP contribution in [0.2, 0.25) is 0 Å². The van der Waals surface area contributed by atoms with Crippen LogP contribution in [0.25, 0.3) is 10.9 Å². The molecule has 21 heavy (non-hydrogen) atoms. The third-order valence-electron chi connectivity index (χ3n) is 4.78. The van der Waals surface area contributed by atoms with E-state index in [2.05, 4.69) is 38.0 Å². The molecule has 0 fully saturated rings. The van der Waals surface area contributed by atoms with Crippen molar-refractivity contribution in [1.29, 1.82) is 0 Å². The van der Waals surface area contributed by atoms with E-state index in [0.29, 0.717) is 11.5 Å². The minimum Gasteiger partial charge on any atom is -0.361 e. The summed E-state index contributed by atoms with van der Waals surface area (Å²) in [5.74, 6) is -0.190. The maximum Gasteiger partial charge on any atom is 0.125 e. The van der Waals surface area contributed by atoms with Crippen molar-refractivity contribution >= 4 is 10.9 Å². The van der Waals surface area contributed by atoms with Gasteiger partial charge in [-0.25, -0.2) is 4.39 Å². The summed E-state index contributed by atoms with van der Waals surface area (Å²) >= 11 is 0. The van der Waals surface area contributed by atoms with Crippen molar-refractivity contribution in [1.82, 2.24) is 10.3 Å². The van der Waals surface area contributed by atoms with Crippen LogP contribution >= 0.6 is 0 Å². The highest BCUT2D eigenvalue weighted by Crippen LogP contribution is 2.27. The van der Waals surface area contributed by atoms with Gasteiger partial charge in [-0.15, -0.1) is 0 Å². The van der Waals surface area contributed by atoms with Gasteiger partial charge >= 0.3 is 0 Å². The highest BCUT2D eigenvalue weighted by molar-refractivity contribution is 5.83. The quantitative estimate of drug-likeness (QED) is 0.763. The molecule has 0 radical (unpaired) electrons.